The Morgan fingerprint density at radius 3 is 2.63 bits per heavy atom. The van der Waals surface area contributed by atoms with Gasteiger partial charge in [-0.3, -0.25) is 9.59 Å². The smallest absolute Gasteiger partial charge is 0.239 e. The van der Waals surface area contributed by atoms with E-state index in [0.29, 0.717) is 29.3 Å². The predicted octanol–water partition coefficient (Wildman–Crippen LogP) is 5.87. The minimum Gasteiger partial charge on any atom is -0.467 e. The van der Waals surface area contributed by atoms with Gasteiger partial charge < -0.3 is 20.0 Å². The Morgan fingerprint density at radius 2 is 1.89 bits per heavy atom. The van der Waals surface area contributed by atoms with Gasteiger partial charge in [0.15, 0.2) is 5.78 Å². The van der Waals surface area contributed by atoms with Gasteiger partial charge in [0.1, 0.15) is 11.8 Å². The van der Waals surface area contributed by atoms with Crippen LogP contribution in [0.15, 0.2) is 82.6 Å². The predicted molar refractivity (Wildman–Crippen MR) is 137 cm³/mol. The molecule has 35 heavy (non-hydrogen) atoms. The average Bonchev–Trinajstić information content (AvgIpc) is 3.30. The van der Waals surface area contributed by atoms with Gasteiger partial charge in [0, 0.05) is 29.3 Å². The van der Waals surface area contributed by atoms with Gasteiger partial charge in [0.25, 0.3) is 0 Å². The van der Waals surface area contributed by atoms with E-state index in [2.05, 4.69) is 24.5 Å². The largest absolute Gasteiger partial charge is 0.467 e. The number of amides is 1. The second-order valence-electron chi connectivity index (χ2n) is 9.92. The molecule has 2 aliphatic rings. The number of ketones is 1. The number of nitrogens with one attached hydrogen (secondary N) is 2. The van der Waals surface area contributed by atoms with E-state index in [9.17, 15) is 9.59 Å². The number of furan rings is 1. The first kappa shape index (κ1) is 23.2. The molecule has 0 fully saturated rings. The fraction of sp³-hybridized carbons (Fsp3) is 0.286. The zero-order chi connectivity index (χ0) is 24.6. The standard InChI is InChI=1S/C28H28ClN3O3/c1-28(2)14-21-26(23(33)15-28)27(24-8-5-13-35-24)32(22-7-4-3-6-20(22)31-21)17-25(34)30-16-18-9-11-19(29)12-10-18/h3-13,27,31H,14-17H2,1-2H3,(H,30,34)/t27-/m0/s1. The molecule has 2 N–H and O–H groups in total. The van der Waals surface area contributed by atoms with Crippen molar-refractivity contribution < 1.29 is 14.0 Å². The summed E-state index contributed by atoms with van der Waals surface area (Å²) >= 11 is 5.98. The Bertz CT molecular complexity index is 1280. The molecule has 3 aromatic rings. The molecule has 0 saturated heterocycles. The number of hydrogen-bond acceptors (Lipinski definition) is 5. The van der Waals surface area contributed by atoms with E-state index in [1.807, 2.05) is 53.4 Å². The van der Waals surface area contributed by atoms with Crippen LogP contribution < -0.4 is 15.5 Å². The zero-order valence-corrected chi connectivity index (χ0v) is 20.6. The van der Waals surface area contributed by atoms with E-state index in [4.69, 9.17) is 16.0 Å². The lowest BCUT2D eigenvalue weighted by molar-refractivity contribution is -0.121. The maximum Gasteiger partial charge on any atom is 0.239 e. The highest BCUT2D eigenvalue weighted by molar-refractivity contribution is 6.30. The van der Waals surface area contributed by atoms with E-state index in [0.717, 1.165) is 29.1 Å². The fourth-order valence-electron chi connectivity index (χ4n) is 4.98. The van der Waals surface area contributed by atoms with Crippen molar-refractivity contribution in [2.75, 3.05) is 16.8 Å². The average molecular weight is 490 g/mol. The molecule has 2 aromatic carbocycles. The molecule has 1 aromatic heterocycles. The fourth-order valence-corrected chi connectivity index (χ4v) is 5.11. The molecule has 0 saturated carbocycles. The topological polar surface area (TPSA) is 74.6 Å². The van der Waals surface area contributed by atoms with Crippen LogP contribution in [-0.2, 0) is 16.1 Å². The van der Waals surface area contributed by atoms with Crippen molar-refractivity contribution in [1.82, 2.24) is 5.32 Å². The number of Topliss-reactive ketones (excluding diaryl/α,β-unsaturated/α-hetero) is 1. The van der Waals surface area contributed by atoms with Gasteiger partial charge in [0.05, 0.1) is 24.2 Å². The molecular weight excluding hydrogens is 462 g/mol. The Hall–Kier alpha value is -3.51. The van der Waals surface area contributed by atoms with Crippen LogP contribution in [0.3, 0.4) is 0 Å². The first-order chi connectivity index (χ1) is 16.8. The molecule has 2 heterocycles. The third kappa shape index (κ3) is 4.84. The van der Waals surface area contributed by atoms with Gasteiger partial charge in [-0.2, -0.15) is 0 Å². The van der Waals surface area contributed by atoms with E-state index in [1.165, 1.54) is 0 Å². The number of benzene rings is 2. The van der Waals surface area contributed by atoms with Crippen LogP contribution in [0.4, 0.5) is 11.4 Å². The summed E-state index contributed by atoms with van der Waals surface area (Å²) in [5, 5.41) is 7.19. The van der Waals surface area contributed by atoms with Gasteiger partial charge in [0.2, 0.25) is 5.91 Å². The lowest BCUT2D eigenvalue weighted by Gasteiger charge is -2.36. The SMILES string of the molecule is CC1(C)CC(=O)C2=C(C1)Nc1ccccc1N(CC(=O)NCc1ccc(Cl)cc1)[C@H]2c1ccco1. The molecular formula is C28H28ClN3O3. The molecule has 1 aliphatic carbocycles. The first-order valence-electron chi connectivity index (χ1n) is 11.7. The molecule has 0 bridgehead atoms. The molecule has 1 atom stereocenters. The molecule has 1 aliphatic heterocycles. The van der Waals surface area contributed by atoms with Crippen LogP contribution in [0.5, 0.6) is 0 Å². The summed E-state index contributed by atoms with van der Waals surface area (Å²) in [6.45, 7) is 4.66. The summed E-state index contributed by atoms with van der Waals surface area (Å²) in [5.41, 5.74) is 4.07. The van der Waals surface area contributed by atoms with Gasteiger partial charge in [-0.15, -0.1) is 0 Å². The number of carbonyl (C=O) groups is 2. The molecule has 0 spiro atoms. The number of allylic oxidation sites excluding steroid dienone is 1. The van der Waals surface area contributed by atoms with E-state index in [-0.39, 0.29) is 23.7 Å². The Labute approximate surface area is 210 Å². The van der Waals surface area contributed by atoms with Crippen LogP contribution in [0.25, 0.3) is 0 Å². The number of hydrogen-bond donors (Lipinski definition) is 2. The maximum atomic E-state index is 13.5. The minimum absolute atomic E-state index is 0.0606. The van der Waals surface area contributed by atoms with Gasteiger partial charge in [-0.1, -0.05) is 49.7 Å². The monoisotopic (exact) mass is 489 g/mol. The van der Waals surface area contributed by atoms with Crippen LogP contribution in [0.2, 0.25) is 5.02 Å². The van der Waals surface area contributed by atoms with Crippen LogP contribution >= 0.6 is 11.6 Å². The molecule has 7 heteroatoms. The molecule has 1 amide bonds. The maximum absolute atomic E-state index is 13.5. The number of para-hydroxylation sites is 2. The summed E-state index contributed by atoms with van der Waals surface area (Å²) in [6.07, 6.45) is 2.78. The highest BCUT2D eigenvalue weighted by Gasteiger charge is 2.42. The van der Waals surface area contributed by atoms with Gasteiger partial charge in [-0.05, 0) is 53.8 Å². The highest BCUT2D eigenvalue weighted by atomic mass is 35.5. The summed E-state index contributed by atoms with van der Waals surface area (Å²) in [4.78, 5) is 28.7. The van der Waals surface area contributed by atoms with Crippen molar-refractivity contribution in [1.29, 1.82) is 0 Å². The number of halogens is 1. The quantitative estimate of drug-likeness (QED) is 0.469. The zero-order valence-electron chi connectivity index (χ0n) is 19.8. The number of anilines is 2. The first-order valence-corrected chi connectivity index (χ1v) is 12.1. The number of carbonyl (C=O) groups excluding carboxylic acids is 2. The van der Waals surface area contributed by atoms with Crippen molar-refractivity contribution in [3.8, 4) is 0 Å². The third-order valence-electron chi connectivity index (χ3n) is 6.53. The number of nitrogens with zero attached hydrogens (tertiary/aromatic N) is 1. The van der Waals surface area contributed by atoms with Crippen molar-refractivity contribution in [2.45, 2.75) is 39.3 Å². The lowest BCUT2D eigenvalue weighted by atomic mass is 9.74. The van der Waals surface area contributed by atoms with Crippen molar-refractivity contribution in [3.63, 3.8) is 0 Å². The van der Waals surface area contributed by atoms with Crippen LogP contribution in [0, 0.1) is 5.41 Å². The van der Waals surface area contributed by atoms with Crippen molar-refractivity contribution in [3.05, 3.63) is 94.5 Å². The van der Waals surface area contributed by atoms with Crippen molar-refractivity contribution >= 4 is 34.7 Å². The number of rotatable bonds is 5. The van der Waals surface area contributed by atoms with Crippen LogP contribution in [-0.4, -0.2) is 18.2 Å². The Balaban J connectivity index is 1.52. The van der Waals surface area contributed by atoms with Crippen LogP contribution in [0.1, 0.15) is 44.1 Å². The molecule has 5 rings (SSSR count). The molecule has 0 unspecified atom stereocenters. The summed E-state index contributed by atoms with van der Waals surface area (Å²) < 4.78 is 5.85. The van der Waals surface area contributed by atoms with Gasteiger partial charge in [-0.25, -0.2) is 0 Å². The molecule has 0 radical (unpaired) electrons. The lowest BCUT2D eigenvalue weighted by Crippen LogP contribution is -2.41. The Morgan fingerprint density at radius 1 is 1.11 bits per heavy atom. The highest BCUT2D eigenvalue weighted by Crippen LogP contribution is 2.48. The second kappa shape index (κ2) is 9.27. The van der Waals surface area contributed by atoms with Gasteiger partial charge >= 0.3 is 0 Å². The van der Waals surface area contributed by atoms with Crippen molar-refractivity contribution in [2.24, 2.45) is 5.41 Å². The minimum atomic E-state index is -0.513. The third-order valence-corrected chi connectivity index (χ3v) is 6.79. The Kier molecular flexibility index (Phi) is 6.15. The molecule has 180 valence electrons. The number of fused-ring (bicyclic) bond motifs is 1. The van der Waals surface area contributed by atoms with E-state index >= 15 is 0 Å². The second-order valence-corrected chi connectivity index (χ2v) is 10.4. The normalized spacial score (nSPS) is 18.9. The van der Waals surface area contributed by atoms with E-state index < -0.39 is 6.04 Å². The summed E-state index contributed by atoms with van der Waals surface area (Å²) in [7, 11) is 0. The molecule has 6 nitrogen and oxygen atoms in total. The summed E-state index contributed by atoms with van der Waals surface area (Å²) in [6, 6.07) is 18.4. The summed E-state index contributed by atoms with van der Waals surface area (Å²) in [5.74, 6) is 0.554. The van der Waals surface area contributed by atoms with E-state index in [1.54, 1.807) is 18.4 Å².